The fourth-order valence-electron chi connectivity index (χ4n) is 0.871. The maximum Gasteiger partial charge on any atom is 0.224 e. The summed E-state index contributed by atoms with van der Waals surface area (Å²) in [5, 5.41) is 2.98. The van der Waals surface area contributed by atoms with E-state index in [2.05, 4.69) is 15.3 Å². The van der Waals surface area contributed by atoms with Gasteiger partial charge in [-0.15, -0.1) is 0 Å². The Balaban J connectivity index is 2.61. The molecule has 0 fully saturated rings. The van der Waals surface area contributed by atoms with Crippen molar-refractivity contribution in [2.24, 2.45) is 11.1 Å². The number of aromatic nitrogens is 2. The maximum absolute atomic E-state index is 11.0. The minimum absolute atomic E-state index is 0.192. The van der Waals surface area contributed by atoms with Crippen LogP contribution in [-0.2, 0) is 4.79 Å². The lowest BCUT2D eigenvalue weighted by molar-refractivity contribution is -0.125. The van der Waals surface area contributed by atoms with Crippen LogP contribution in [0.3, 0.4) is 0 Å². The summed E-state index contributed by atoms with van der Waals surface area (Å²) in [4.78, 5) is 18.7. The molecule has 0 aliphatic carbocycles. The van der Waals surface area contributed by atoms with Gasteiger partial charge in [-0.25, -0.2) is 4.98 Å². The molecule has 1 heterocycles. The summed E-state index contributed by atoms with van der Waals surface area (Å²) in [6.45, 7) is 3.92. The van der Waals surface area contributed by atoms with Crippen molar-refractivity contribution in [3.63, 3.8) is 0 Å². The average molecular weight is 209 g/mol. The molecule has 6 heteroatoms. The van der Waals surface area contributed by atoms with Gasteiger partial charge in [0, 0.05) is 12.7 Å². The first-order valence-electron chi connectivity index (χ1n) is 4.54. The highest BCUT2D eigenvalue weighted by atomic mass is 16.1. The van der Waals surface area contributed by atoms with Crippen LogP contribution in [0.4, 0.5) is 11.8 Å². The van der Waals surface area contributed by atoms with E-state index in [1.807, 2.05) is 0 Å². The number of hydrogen-bond acceptors (Lipinski definition) is 5. The molecule has 0 aliphatic rings. The summed E-state index contributed by atoms with van der Waals surface area (Å²) in [5.41, 5.74) is 10.0. The van der Waals surface area contributed by atoms with Crippen molar-refractivity contribution in [3.05, 3.63) is 12.3 Å². The van der Waals surface area contributed by atoms with Gasteiger partial charge in [0.05, 0.1) is 5.41 Å². The van der Waals surface area contributed by atoms with Crippen molar-refractivity contribution in [2.45, 2.75) is 13.8 Å². The topological polar surface area (TPSA) is 107 Å². The van der Waals surface area contributed by atoms with Gasteiger partial charge in [0.1, 0.15) is 5.82 Å². The Hall–Kier alpha value is -1.85. The molecule has 0 saturated heterocycles. The first-order valence-corrected chi connectivity index (χ1v) is 4.54. The smallest absolute Gasteiger partial charge is 0.224 e. The molecule has 0 unspecified atom stereocenters. The molecule has 1 rings (SSSR count). The number of hydrogen-bond donors (Lipinski definition) is 3. The SMILES string of the molecule is CC(C)(CNc1ccnc(N)n1)C(N)=O. The standard InChI is InChI=1S/C9H15N5O/c1-9(2,7(10)15)5-13-6-3-4-12-8(11)14-6/h3-4H,5H2,1-2H3,(H2,10,15)(H3,11,12,13,14). The molecule has 0 spiro atoms. The Bertz CT molecular complexity index is 363. The van der Waals surface area contributed by atoms with E-state index in [4.69, 9.17) is 11.5 Å². The summed E-state index contributed by atoms with van der Waals surface area (Å²) < 4.78 is 0. The quantitative estimate of drug-likeness (QED) is 0.646. The number of nitrogens with two attached hydrogens (primary N) is 2. The molecule has 82 valence electrons. The van der Waals surface area contributed by atoms with Crippen molar-refractivity contribution >= 4 is 17.7 Å². The van der Waals surface area contributed by atoms with Gasteiger partial charge in [-0.2, -0.15) is 4.98 Å². The fourth-order valence-corrected chi connectivity index (χ4v) is 0.871. The minimum atomic E-state index is -0.625. The van der Waals surface area contributed by atoms with Gasteiger partial charge in [-0.1, -0.05) is 0 Å². The Kier molecular flexibility index (Phi) is 3.08. The Morgan fingerprint density at radius 3 is 2.80 bits per heavy atom. The van der Waals surface area contributed by atoms with Crippen LogP contribution >= 0.6 is 0 Å². The van der Waals surface area contributed by atoms with Crippen LogP contribution in [-0.4, -0.2) is 22.4 Å². The first kappa shape index (κ1) is 11.2. The predicted octanol–water partition coefficient (Wildman–Crippen LogP) is -0.0178. The van der Waals surface area contributed by atoms with Crippen LogP contribution < -0.4 is 16.8 Å². The lowest BCUT2D eigenvalue weighted by atomic mass is 9.93. The molecule has 0 saturated carbocycles. The molecular formula is C9H15N5O. The number of nitrogen functional groups attached to an aromatic ring is 1. The minimum Gasteiger partial charge on any atom is -0.369 e. The number of amides is 1. The molecule has 0 aromatic carbocycles. The van der Waals surface area contributed by atoms with Gasteiger partial charge in [0.2, 0.25) is 11.9 Å². The van der Waals surface area contributed by atoms with Gasteiger partial charge in [0.15, 0.2) is 0 Å². The van der Waals surface area contributed by atoms with Crippen LogP contribution in [0.2, 0.25) is 0 Å². The third-order valence-corrected chi connectivity index (χ3v) is 2.05. The molecule has 0 radical (unpaired) electrons. The number of carbonyl (C=O) groups excluding carboxylic acids is 1. The van der Waals surface area contributed by atoms with Crippen molar-refractivity contribution in [1.29, 1.82) is 0 Å². The second kappa shape index (κ2) is 4.12. The highest BCUT2D eigenvalue weighted by Gasteiger charge is 2.24. The number of primary amides is 1. The Labute approximate surface area is 88.1 Å². The normalized spacial score (nSPS) is 11.1. The van der Waals surface area contributed by atoms with Crippen molar-refractivity contribution in [2.75, 3.05) is 17.6 Å². The third-order valence-electron chi connectivity index (χ3n) is 2.05. The lowest BCUT2D eigenvalue weighted by Gasteiger charge is -2.20. The molecular weight excluding hydrogens is 194 g/mol. The zero-order valence-corrected chi connectivity index (χ0v) is 8.82. The molecule has 6 nitrogen and oxygen atoms in total. The van der Waals surface area contributed by atoms with Crippen LogP contribution in [0.1, 0.15) is 13.8 Å². The molecule has 5 N–H and O–H groups in total. The van der Waals surface area contributed by atoms with Crippen molar-refractivity contribution in [1.82, 2.24) is 9.97 Å². The second-order valence-electron chi connectivity index (χ2n) is 3.90. The van der Waals surface area contributed by atoms with E-state index < -0.39 is 5.41 Å². The number of carbonyl (C=O) groups is 1. The van der Waals surface area contributed by atoms with E-state index in [1.54, 1.807) is 26.1 Å². The van der Waals surface area contributed by atoms with E-state index in [9.17, 15) is 4.79 Å². The fraction of sp³-hybridized carbons (Fsp3) is 0.444. The highest BCUT2D eigenvalue weighted by Crippen LogP contribution is 2.15. The summed E-state index contributed by atoms with van der Waals surface area (Å²) in [5.74, 6) is 0.408. The van der Waals surface area contributed by atoms with Crippen LogP contribution in [0.25, 0.3) is 0 Å². The summed E-state index contributed by atoms with van der Waals surface area (Å²) >= 11 is 0. The monoisotopic (exact) mass is 209 g/mol. The van der Waals surface area contributed by atoms with E-state index >= 15 is 0 Å². The molecule has 1 amide bonds. The van der Waals surface area contributed by atoms with Gasteiger partial charge < -0.3 is 16.8 Å². The largest absolute Gasteiger partial charge is 0.369 e. The molecule has 15 heavy (non-hydrogen) atoms. The van der Waals surface area contributed by atoms with E-state index in [0.717, 1.165) is 0 Å². The second-order valence-corrected chi connectivity index (χ2v) is 3.90. The predicted molar refractivity (Wildman–Crippen MR) is 57.9 cm³/mol. The summed E-state index contributed by atoms with van der Waals surface area (Å²) in [6.07, 6.45) is 1.54. The molecule has 1 aromatic rings. The van der Waals surface area contributed by atoms with E-state index in [1.165, 1.54) is 0 Å². The maximum atomic E-state index is 11.0. The van der Waals surface area contributed by atoms with Crippen molar-refractivity contribution < 1.29 is 4.79 Å². The number of nitrogens with one attached hydrogen (secondary N) is 1. The van der Waals surface area contributed by atoms with Crippen molar-refractivity contribution in [3.8, 4) is 0 Å². The van der Waals surface area contributed by atoms with Gasteiger partial charge >= 0.3 is 0 Å². The Morgan fingerprint density at radius 2 is 2.27 bits per heavy atom. The van der Waals surface area contributed by atoms with Crippen LogP contribution in [0.15, 0.2) is 12.3 Å². The molecule has 0 atom stereocenters. The van der Waals surface area contributed by atoms with Gasteiger partial charge in [-0.3, -0.25) is 4.79 Å². The van der Waals surface area contributed by atoms with E-state index in [-0.39, 0.29) is 11.9 Å². The number of rotatable bonds is 4. The average Bonchev–Trinajstić information content (AvgIpc) is 2.15. The van der Waals surface area contributed by atoms with Gasteiger partial charge in [0.25, 0.3) is 0 Å². The zero-order valence-electron chi connectivity index (χ0n) is 8.82. The molecule has 0 bridgehead atoms. The first-order chi connectivity index (χ1) is 6.92. The van der Waals surface area contributed by atoms with Crippen LogP contribution in [0.5, 0.6) is 0 Å². The summed E-state index contributed by atoms with van der Waals surface area (Å²) in [6, 6.07) is 1.67. The number of anilines is 2. The summed E-state index contributed by atoms with van der Waals surface area (Å²) in [7, 11) is 0. The zero-order chi connectivity index (χ0) is 11.5. The lowest BCUT2D eigenvalue weighted by Crippen LogP contribution is -2.37. The van der Waals surface area contributed by atoms with Gasteiger partial charge in [-0.05, 0) is 19.9 Å². The number of nitrogens with zero attached hydrogens (tertiary/aromatic N) is 2. The Morgan fingerprint density at radius 1 is 1.60 bits per heavy atom. The van der Waals surface area contributed by atoms with Crippen LogP contribution in [0, 0.1) is 5.41 Å². The molecule has 0 aliphatic heterocycles. The molecule has 1 aromatic heterocycles. The highest BCUT2D eigenvalue weighted by molar-refractivity contribution is 5.80. The third kappa shape index (κ3) is 3.08. The van der Waals surface area contributed by atoms with E-state index in [0.29, 0.717) is 12.4 Å².